The van der Waals surface area contributed by atoms with Crippen LogP contribution in [0.25, 0.3) is 54.6 Å². The van der Waals surface area contributed by atoms with Crippen molar-refractivity contribution >= 4 is 113 Å². The van der Waals surface area contributed by atoms with Crippen LogP contribution in [0.3, 0.4) is 0 Å². The molecule has 16 rings (SSSR count). The van der Waals surface area contributed by atoms with Gasteiger partial charge in [-0.25, -0.2) is 0 Å². The largest absolute Gasteiger partial charge is 0.458 e. The number of benzene rings is 12. The molecule has 12 aromatic carbocycles. The zero-order valence-electron chi connectivity index (χ0n) is 44.7. The van der Waals surface area contributed by atoms with Crippen LogP contribution in [0.5, 0.6) is 23.0 Å². The molecular formula is C72H54B2N2O2. The van der Waals surface area contributed by atoms with E-state index in [9.17, 15) is 0 Å². The minimum absolute atomic E-state index is 0.0201. The minimum Gasteiger partial charge on any atom is -0.458 e. The Morgan fingerprint density at radius 2 is 0.731 bits per heavy atom. The zero-order valence-corrected chi connectivity index (χ0v) is 44.7. The molecule has 4 nitrogen and oxygen atoms in total. The molecule has 0 amide bonds. The summed E-state index contributed by atoms with van der Waals surface area (Å²) in [5, 5.41) is 8.19. The van der Waals surface area contributed by atoms with Crippen LogP contribution in [0.1, 0.15) is 61.8 Å². The highest BCUT2D eigenvalue weighted by Crippen LogP contribution is 2.52. The van der Waals surface area contributed by atoms with E-state index in [1.807, 2.05) is 0 Å². The number of hydrogen-bond acceptors (Lipinski definition) is 4. The van der Waals surface area contributed by atoms with Gasteiger partial charge in [0, 0.05) is 40.6 Å². The van der Waals surface area contributed by atoms with Crippen molar-refractivity contribution in [2.45, 2.75) is 53.4 Å². The van der Waals surface area contributed by atoms with Crippen LogP contribution in [-0.2, 0) is 0 Å². The van der Waals surface area contributed by atoms with Crippen molar-refractivity contribution in [2.24, 2.45) is 0 Å². The van der Waals surface area contributed by atoms with Crippen LogP contribution < -0.4 is 52.1 Å². The summed E-state index contributed by atoms with van der Waals surface area (Å²) in [4.78, 5) is 4.73. The summed E-state index contributed by atoms with van der Waals surface area (Å²) < 4.78 is 14.5. The number of hydrogen-bond donors (Lipinski definition) is 0. The quantitative estimate of drug-likeness (QED) is 0.112. The average molecular weight is 1000 g/mol. The van der Waals surface area contributed by atoms with Gasteiger partial charge in [-0.1, -0.05) is 148 Å². The fourth-order valence-corrected chi connectivity index (χ4v) is 14.2. The number of ether oxygens (including phenoxy) is 2. The Bertz CT molecular complexity index is 4400. The Balaban J connectivity index is 1.04. The lowest BCUT2D eigenvalue weighted by Gasteiger charge is -2.38. The minimum atomic E-state index is -0.113. The van der Waals surface area contributed by atoms with Crippen LogP contribution in [-0.4, -0.2) is 13.4 Å². The van der Waals surface area contributed by atoms with E-state index >= 15 is 0 Å². The van der Waals surface area contributed by atoms with Crippen molar-refractivity contribution in [3.63, 3.8) is 0 Å². The molecule has 0 spiro atoms. The van der Waals surface area contributed by atoms with Crippen LogP contribution in [0.4, 0.5) is 34.1 Å². The van der Waals surface area contributed by atoms with Crippen LogP contribution >= 0.6 is 0 Å². The van der Waals surface area contributed by atoms with E-state index in [1.54, 1.807) is 0 Å². The first-order chi connectivity index (χ1) is 38.2. The fourth-order valence-electron chi connectivity index (χ4n) is 14.2. The highest BCUT2D eigenvalue weighted by atomic mass is 16.5. The Morgan fingerprint density at radius 1 is 0.321 bits per heavy atom. The maximum absolute atomic E-state index is 7.54. The first-order valence-corrected chi connectivity index (χ1v) is 27.8. The summed E-state index contributed by atoms with van der Waals surface area (Å²) in [5.74, 6) is 4.18. The molecule has 0 aromatic heterocycles. The highest BCUT2D eigenvalue weighted by molar-refractivity contribution is 7.01. The SMILES string of the molecule is Cc1ccc2c(c1)Oc1cc(C)cc3c1B2c1cc2c(C(C)C)cc4c5c(cc6c(C(C)C)cc-3c1c6c25)B1c2ccc(N(c3ccccc3)c3ccccc3)cc2Oc2cc(N(c3ccccc3)c3ccccc3)cc-4c21. The van der Waals surface area contributed by atoms with E-state index in [0.717, 1.165) is 57.1 Å². The van der Waals surface area contributed by atoms with Gasteiger partial charge in [-0.2, -0.15) is 0 Å². The number of anilines is 6. The first-order valence-electron chi connectivity index (χ1n) is 27.8. The summed E-state index contributed by atoms with van der Waals surface area (Å²) in [6.07, 6.45) is 0. The molecule has 0 fully saturated rings. The molecule has 4 aliphatic rings. The second-order valence-electron chi connectivity index (χ2n) is 22.8. The number of para-hydroxylation sites is 4. The monoisotopic (exact) mass is 1000 g/mol. The second kappa shape index (κ2) is 16.8. The van der Waals surface area contributed by atoms with E-state index < -0.39 is 0 Å². The number of nitrogens with zero attached hydrogens (tertiary/aromatic N) is 2. The lowest BCUT2D eigenvalue weighted by atomic mass is 9.31. The molecule has 0 unspecified atom stereocenters. The Hall–Kier alpha value is -8.99. The Labute approximate surface area is 456 Å². The van der Waals surface area contributed by atoms with Crippen molar-refractivity contribution in [2.75, 3.05) is 9.80 Å². The summed E-state index contributed by atoms with van der Waals surface area (Å²) in [7, 11) is 0. The standard InChI is InChI=1S/C72H54B2N2O2/c1-41(2)51-37-53-57-31-44(6)33-65-71(57)73(59-29-27-43(5)32-63(59)77-65)61-39-56-52(42(3)4)38-54-58-34-50(76(47-23-15-9-16-24-47)48-25-17-10-18-26-48)36-66-72(58)74(62-40-55(51)69(67(53)61)70(56)68(54)62)60-30-28-49(35-64(60)78-66)75(45-19-11-7-12-20-45)46-21-13-8-14-22-46/h7-42H,1-6H3. The van der Waals surface area contributed by atoms with Crippen LogP contribution in [0, 0.1) is 13.8 Å². The molecule has 0 N–H and O–H groups in total. The molecule has 78 heavy (non-hydrogen) atoms. The summed E-state index contributed by atoms with van der Waals surface area (Å²) >= 11 is 0. The van der Waals surface area contributed by atoms with Crippen LogP contribution in [0.2, 0.25) is 0 Å². The predicted octanol–water partition coefficient (Wildman–Crippen LogP) is 15.6. The topological polar surface area (TPSA) is 24.9 Å². The van der Waals surface area contributed by atoms with E-state index in [4.69, 9.17) is 9.47 Å². The highest BCUT2D eigenvalue weighted by Gasteiger charge is 2.45. The third kappa shape index (κ3) is 6.44. The van der Waals surface area contributed by atoms with Crippen molar-refractivity contribution in [3.05, 3.63) is 229 Å². The lowest BCUT2D eigenvalue weighted by molar-refractivity contribution is 0.487. The maximum atomic E-state index is 7.54. The Kier molecular flexibility index (Phi) is 9.71. The zero-order chi connectivity index (χ0) is 52.2. The smallest absolute Gasteiger partial charge is 0.252 e. The van der Waals surface area contributed by atoms with Gasteiger partial charge in [0.05, 0.1) is 5.69 Å². The van der Waals surface area contributed by atoms with Crippen LogP contribution in [0.15, 0.2) is 206 Å². The van der Waals surface area contributed by atoms with E-state index in [-0.39, 0.29) is 25.3 Å². The third-order valence-corrected chi connectivity index (χ3v) is 17.5. The molecule has 6 heteroatoms. The van der Waals surface area contributed by atoms with Crippen molar-refractivity contribution in [1.82, 2.24) is 0 Å². The molecule has 4 aliphatic heterocycles. The molecule has 0 aliphatic carbocycles. The van der Waals surface area contributed by atoms with Gasteiger partial charge in [-0.05, 0) is 209 Å². The summed E-state index contributed by atoms with van der Waals surface area (Å²) in [6.45, 7) is 13.8. The maximum Gasteiger partial charge on any atom is 0.252 e. The molecule has 0 atom stereocenters. The number of rotatable bonds is 8. The fraction of sp³-hybridized carbons (Fsp3) is 0.111. The van der Waals surface area contributed by atoms with Gasteiger partial charge in [0.2, 0.25) is 0 Å². The molecule has 0 bridgehead atoms. The van der Waals surface area contributed by atoms with Gasteiger partial charge in [0.15, 0.2) is 0 Å². The summed E-state index contributed by atoms with van der Waals surface area (Å²) in [6, 6.07) is 76.6. The second-order valence-corrected chi connectivity index (χ2v) is 22.8. The average Bonchev–Trinajstić information content (AvgIpc) is 3.42. The molecule has 0 radical (unpaired) electrons. The van der Waals surface area contributed by atoms with Gasteiger partial charge in [-0.15, -0.1) is 0 Å². The molecule has 12 aromatic rings. The van der Waals surface area contributed by atoms with Gasteiger partial charge in [0.25, 0.3) is 13.4 Å². The summed E-state index contributed by atoms with van der Waals surface area (Å²) in [5.41, 5.74) is 24.3. The number of aryl methyl sites for hydroxylation is 2. The van der Waals surface area contributed by atoms with Gasteiger partial charge in [0.1, 0.15) is 23.0 Å². The number of fused-ring (bicyclic) bond motifs is 8. The van der Waals surface area contributed by atoms with E-state index in [0.29, 0.717) is 0 Å². The van der Waals surface area contributed by atoms with E-state index in [1.165, 1.54) is 110 Å². The predicted molar refractivity (Wildman–Crippen MR) is 330 cm³/mol. The van der Waals surface area contributed by atoms with Crippen molar-refractivity contribution in [1.29, 1.82) is 0 Å². The Morgan fingerprint density at radius 3 is 1.22 bits per heavy atom. The van der Waals surface area contributed by atoms with Crippen molar-refractivity contribution < 1.29 is 9.47 Å². The molecule has 0 saturated heterocycles. The van der Waals surface area contributed by atoms with Gasteiger partial charge < -0.3 is 19.3 Å². The lowest BCUT2D eigenvalue weighted by Crippen LogP contribution is -2.58. The molecular weight excluding hydrogens is 946 g/mol. The third-order valence-electron chi connectivity index (χ3n) is 17.5. The molecule has 4 heterocycles. The van der Waals surface area contributed by atoms with Gasteiger partial charge in [-0.3, -0.25) is 0 Å². The normalized spacial score (nSPS) is 13.1. The molecule has 0 saturated carbocycles. The first kappa shape index (κ1) is 45.2. The van der Waals surface area contributed by atoms with Gasteiger partial charge >= 0.3 is 0 Å². The van der Waals surface area contributed by atoms with E-state index in [2.05, 4.69) is 258 Å². The molecule has 370 valence electrons. The van der Waals surface area contributed by atoms with Crippen molar-refractivity contribution in [3.8, 4) is 45.3 Å².